The molecule has 0 unspecified atom stereocenters. The van der Waals surface area contributed by atoms with Crippen molar-refractivity contribution in [2.75, 3.05) is 6.54 Å². The third-order valence-corrected chi connectivity index (χ3v) is 4.21. The molecule has 0 saturated heterocycles. The molecule has 1 aromatic rings. The summed E-state index contributed by atoms with van der Waals surface area (Å²) in [5.41, 5.74) is 0.280. The standard InChI is InChI=1S/C18H27N3O2/c1-14(2)12-19-16(22)18(10-6-7-11-18)21-17(23)20-13-15-8-4-3-5-9-15/h3-5,8-9,14H,6-7,10-13H2,1-2H3,(H,19,22)(H2,20,21,23). The van der Waals surface area contributed by atoms with Gasteiger partial charge in [-0.15, -0.1) is 0 Å². The van der Waals surface area contributed by atoms with Gasteiger partial charge in [0.15, 0.2) is 0 Å². The van der Waals surface area contributed by atoms with E-state index < -0.39 is 5.54 Å². The average molecular weight is 317 g/mol. The van der Waals surface area contributed by atoms with E-state index in [0.29, 0.717) is 31.8 Å². The molecule has 3 amide bonds. The number of amides is 3. The molecule has 0 heterocycles. The van der Waals surface area contributed by atoms with Crippen molar-refractivity contribution in [2.45, 2.75) is 51.6 Å². The minimum Gasteiger partial charge on any atom is -0.354 e. The number of carbonyl (C=O) groups excluding carboxylic acids is 2. The minimum atomic E-state index is -0.754. The lowest BCUT2D eigenvalue weighted by molar-refractivity contribution is -0.127. The van der Waals surface area contributed by atoms with E-state index in [-0.39, 0.29) is 11.9 Å². The van der Waals surface area contributed by atoms with Crippen LogP contribution in [0.5, 0.6) is 0 Å². The van der Waals surface area contributed by atoms with E-state index >= 15 is 0 Å². The molecule has 0 atom stereocenters. The van der Waals surface area contributed by atoms with Crippen molar-refractivity contribution in [1.29, 1.82) is 0 Å². The predicted octanol–water partition coefficient (Wildman–Crippen LogP) is 2.57. The molecule has 0 radical (unpaired) electrons. The fourth-order valence-electron chi connectivity index (χ4n) is 2.89. The maximum atomic E-state index is 12.5. The number of urea groups is 1. The van der Waals surface area contributed by atoms with Crippen LogP contribution in [0.1, 0.15) is 45.1 Å². The monoisotopic (exact) mass is 317 g/mol. The van der Waals surface area contributed by atoms with Crippen molar-refractivity contribution < 1.29 is 9.59 Å². The summed E-state index contributed by atoms with van der Waals surface area (Å²) in [5.74, 6) is 0.336. The van der Waals surface area contributed by atoms with Gasteiger partial charge < -0.3 is 16.0 Å². The fourth-order valence-corrected chi connectivity index (χ4v) is 2.89. The zero-order valence-electron chi connectivity index (χ0n) is 14.0. The van der Waals surface area contributed by atoms with Crippen molar-refractivity contribution in [3.05, 3.63) is 35.9 Å². The van der Waals surface area contributed by atoms with Crippen molar-refractivity contribution in [2.24, 2.45) is 5.92 Å². The largest absolute Gasteiger partial charge is 0.354 e. The van der Waals surface area contributed by atoms with Crippen LogP contribution in [-0.4, -0.2) is 24.0 Å². The molecule has 2 rings (SSSR count). The molecule has 1 aliphatic carbocycles. The van der Waals surface area contributed by atoms with Crippen LogP contribution in [0.2, 0.25) is 0 Å². The van der Waals surface area contributed by atoms with E-state index in [1.165, 1.54) is 0 Å². The molecule has 1 fully saturated rings. The lowest BCUT2D eigenvalue weighted by Crippen LogP contribution is -2.59. The minimum absolute atomic E-state index is 0.0569. The van der Waals surface area contributed by atoms with E-state index in [4.69, 9.17) is 0 Å². The van der Waals surface area contributed by atoms with Crippen LogP contribution in [0.25, 0.3) is 0 Å². The fraction of sp³-hybridized carbons (Fsp3) is 0.556. The Hall–Kier alpha value is -2.04. The van der Waals surface area contributed by atoms with Gasteiger partial charge in [-0.1, -0.05) is 57.0 Å². The van der Waals surface area contributed by atoms with Crippen LogP contribution in [0.15, 0.2) is 30.3 Å². The molecular weight excluding hydrogens is 290 g/mol. The number of hydrogen-bond donors (Lipinski definition) is 3. The second-order valence-electron chi connectivity index (χ2n) is 6.69. The van der Waals surface area contributed by atoms with Gasteiger partial charge in [-0.05, 0) is 24.3 Å². The van der Waals surface area contributed by atoms with Gasteiger partial charge in [0, 0.05) is 13.1 Å². The molecule has 5 heteroatoms. The summed E-state index contributed by atoms with van der Waals surface area (Å²) in [7, 11) is 0. The number of rotatable bonds is 6. The first kappa shape index (κ1) is 17.3. The third kappa shape index (κ3) is 4.98. The van der Waals surface area contributed by atoms with Gasteiger partial charge in [-0.3, -0.25) is 4.79 Å². The van der Waals surface area contributed by atoms with Gasteiger partial charge in [0.1, 0.15) is 5.54 Å². The van der Waals surface area contributed by atoms with Crippen molar-refractivity contribution >= 4 is 11.9 Å². The van der Waals surface area contributed by atoms with Crippen LogP contribution < -0.4 is 16.0 Å². The highest BCUT2D eigenvalue weighted by Crippen LogP contribution is 2.30. The number of nitrogens with one attached hydrogen (secondary N) is 3. The summed E-state index contributed by atoms with van der Waals surface area (Å²) >= 11 is 0. The van der Waals surface area contributed by atoms with Crippen molar-refractivity contribution in [3.63, 3.8) is 0 Å². The highest BCUT2D eigenvalue weighted by Gasteiger charge is 2.42. The van der Waals surface area contributed by atoms with Crippen LogP contribution in [0.3, 0.4) is 0 Å². The van der Waals surface area contributed by atoms with E-state index in [1.54, 1.807) is 0 Å². The summed E-state index contributed by atoms with van der Waals surface area (Å²) < 4.78 is 0. The highest BCUT2D eigenvalue weighted by molar-refractivity contribution is 5.91. The number of carbonyl (C=O) groups is 2. The molecule has 1 aliphatic rings. The second kappa shape index (κ2) is 7.99. The molecule has 5 nitrogen and oxygen atoms in total. The molecule has 1 aromatic carbocycles. The third-order valence-electron chi connectivity index (χ3n) is 4.21. The van der Waals surface area contributed by atoms with Crippen LogP contribution in [-0.2, 0) is 11.3 Å². The zero-order valence-corrected chi connectivity index (χ0v) is 14.0. The Labute approximate surface area is 138 Å². The predicted molar refractivity (Wildman–Crippen MR) is 90.9 cm³/mol. The summed E-state index contributed by atoms with van der Waals surface area (Å²) in [6.45, 7) is 5.20. The molecule has 3 N–H and O–H groups in total. The summed E-state index contributed by atoms with van der Waals surface area (Å²) in [5, 5.41) is 8.73. The quantitative estimate of drug-likeness (QED) is 0.754. The molecule has 126 valence electrons. The van der Waals surface area contributed by atoms with Gasteiger partial charge in [0.25, 0.3) is 0 Å². The first-order chi connectivity index (χ1) is 11.0. The Bertz CT molecular complexity index is 522. The lowest BCUT2D eigenvalue weighted by atomic mass is 9.96. The zero-order chi connectivity index (χ0) is 16.7. The maximum absolute atomic E-state index is 12.5. The Balaban J connectivity index is 1.90. The van der Waals surface area contributed by atoms with Gasteiger partial charge in [0.2, 0.25) is 5.91 Å². The van der Waals surface area contributed by atoms with Gasteiger partial charge in [0.05, 0.1) is 0 Å². The van der Waals surface area contributed by atoms with Gasteiger partial charge in [-0.2, -0.15) is 0 Å². The topological polar surface area (TPSA) is 70.2 Å². The van der Waals surface area contributed by atoms with Gasteiger partial charge in [-0.25, -0.2) is 4.79 Å². The van der Waals surface area contributed by atoms with Crippen LogP contribution >= 0.6 is 0 Å². The Morgan fingerprint density at radius 1 is 1.09 bits per heavy atom. The highest BCUT2D eigenvalue weighted by atomic mass is 16.2. The smallest absolute Gasteiger partial charge is 0.315 e. The first-order valence-electron chi connectivity index (χ1n) is 8.40. The van der Waals surface area contributed by atoms with Crippen LogP contribution in [0.4, 0.5) is 4.79 Å². The summed E-state index contributed by atoms with van der Waals surface area (Å²) in [4.78, 5) is 24.7. The van der Waals surface area contributed by atoms with E-state index in [1.807, 2.05) is 30.3 Å². The molecule has 0 aliphatic heterocycles. The summed E-state index contributed by atoms with van der Waals surface area (Å²) in [6.07, 6.45) is 3.34. The number of hydrogen-bond acceptors (Lipinski definition) is 2. The second-order valence-corrected chi connectivity index (χ2v) is 6.69. The molecule has 0 bridgehead atoms. The molecule has 0 aromatic heterocycles. The van der Waals surface area contributed by atoms with Crippen molar-refractivity contribution in [1.82, 2.24) is 16.0 Å². The van der Waals surface area contributed by atoms with E-state index in [0.717, 1.165) is 18.4 Å². The SMILES string of the molecule is CC(C)CNC(=O)C1(NC(=O)NCc2ccccc2)CCCC1. The maximum Gasteiger partial charge on any atom is 0.315 e. The Morgan fingerprint density at radius 2 is 1.74 bits per heavy atom. The molecular formula is C18H27N3O2. The van der Waals surface area contributed by atoms with E-state index in [2.05, 4.69) is 29.8 Å². The average Bonchev–Trinajstić information content (AvgIpc) is 3.01. The van der Waals surface area contributed by atoms with Gasteiger partial charge >= 0.3 is 6.03 Å². The van der Waals surface area contributed by atoms with Crippen molar-refractivity contribution in [3.8, 4) is 0 Å². The molecule has 0 spiro atoms. The molecule has 23 heavy (non-hydrogen) atoms. The number of benzene rings is 1. The van der Waals surface area contributed by atoms with Crippen LogP contribution in [0, 0.1) is 5.92 Å². The Kier molecular flexibility index (Phi) is 6.02. The lowest BCUT2D eigenvalue weighted by Gasteiger charge is -2.29. The van der Waals surface area contributed by atoms with E-state index in [9.17, 15) is 9.59 Å². The normalized spacial score (nSPS) is 16.1. The first-order valence-corrected chi connectivity index (χ1v) is 8.40. The Morgan fingerprint density at radius 3 is 2.35 bits per heavy atom. The molecule has 1 saturated carbocycles. The summed E-state index contributed by atoms with van der Waals surface area (Å²) in [6, 6.07) is 9.45.